The molecule has 1 atom stereocenters. The van der Waals surface area contributed by atoms with Crippen molar-refractivity contribution in [1.82, 2.24) is 15.2 Å². The summed E-state index contributed by atoms with van der Waals surface area (Å²) < 4.78 is 5.35. The largest absolute Gasteiger partial charge is 0.378 e. The number of rotatable bonds is 5. The van der Waals surface area contributed by atoms with Crippen molar-refractivity contribution in [2.75, 3.05) is 43.1 Å². The van der Waals surface area contributed by atoms with Gasteiger partial charge in [-0.15, -0.1) is 0 Å². The molecule has 2 fully saturated rings. The summed E-state index contributed by atoms with van der Waals surface area (Å²) in [7, 11) is 0. The van der Waals surface area contributed by atoms with E-state index in [4.69, 9.17) is 4.74 Å². The van der Waals surface area contributed by atoms with Gasteiger partial charge in [-0.3, -0.25) is 14.5 Å². The summed E-state index contributed by atoms with van der Waals surface area (Å²) in [5.41, 5.74) is -0.0929. The van der Waals surface area contributed by atoms with Gasteiger partial charge < -0.3 is 20.3 Å². The van der Waals surface area contributed by atoms with Crippen LogP contribution in [-0.4, -0.2) is 60.6 Å². The van der Waals surface area contributed by atoms with Gasteiger partial charge in [0.05, 0.1) is 25.1 Å². The van der Waals surface area contributed by atoms with Crippen LogP contribution < -0.4 is 15.5 Å². The molecule has 34 heavy (non-hydrogen) atoms. The van der Waals surface area contributed by atoms with Crippen molar-refractivity contribution in [3.05, 3.63) is 66.4 Å². The second-order valence-corrected chi connectivity index (χ2v) is 8.56. The maximum absolute atomic E-state index is 13.2. The molecule has 0 saturated carbocycles. The van der Waals surface area contributed by atoms with Crippen LogP contribution in [0.3, 0.4) is 0 Å². The number of ether oxygens (including phenoxy) is 1. The number of nitrogens with zero attached hydrogens (tertiary/aromatic N) is 3. The highest BCUT2D eigenvalue weighted by atomic mass is 16.5. The number of imide groups is 1. The van der Waals surface area contributed by atoms with Gasteiger partial charge in [0.2, 0.25) is 5.91 Å². The lowest BCUT2D eigenvalue weighted by Gasteiger charge is -2.27. The number of fused-ring (bicyclic) bond motifs is 1. The topological polar surface area (TPSA) is 104 Å². The van der Waals surface area contributed by atoms with Gasteiger partial charge in [0.25, 0.3) is 5.91 Å². The fourth-order valence-corrected chi connectivity index (χ4v) is 4.32. The van der Waals surface area contributed by atoms with Crippen LogP contribution in [0.15, 0.2) is 60.8 Å². The van der Waals surface area contributed by atoms with Gasteiger partial charge in [-0.1, -0.05) is 36.4 Å². The van der Waals surface area contributed by atoms with Gasteiger partial charge in [0, 0.05) is 13.1 Å². The van der Waals surface area contributed by atoms with Gasteiger partial charge in [-0.2, -0.15) is 0 Å². The number of morpholine rings is 1. The summed E-state index contributed by atoms with van der Waals surface area (Å²) in [6, 6.07) is 16.4. The number of benzene rings is 2. The van der Waals surface area contributed by atoms with Crippen LogP contribution in [0.4, 0.5) is 16.3 Å². The molecule has 9 heteroatoms. The highest BCUT2D eigenvalue weighted by Gasteiger charge is 2.49. The number of amides is 4. The number of carbonyl (C=O) groups excluding carboxylic acids is 3. The lowest BCUT2D eigenvalue weighted by Crippen LogP contribution is -2.42. The van der Waals surface area contributed by atoms with Crippen molar-refractivity contribution >= 4 is 40.1 Å². The van der Waals surface area contributed by atoms with Gasteiger partial charge >= 0.3 is 6.03 Å². The number of pyridine rings is 1. The van der Waals surface area contributed by atoms with E-state index < -0.39 is 23.4 Å². The molecule has 0 aliphatic carbocycles. The molecule has 174 valence electrons. The number of anilines is 2. The van der Waals surface area contributed by atoms with Gasteiger partial charge in [0.15, 0.2) is 0 Å². The first-order valence-corrected chi connectivity index (χ1v) is 11.2. The first-order valence-electron chi connectivity index (χ1n) is 11.2. The van der Waals surface area contributed by atoms with Crippen molar-refractivity contribution < 1.29 is 19.1 Å². The van der Waals surface area contributed by atoms with E-state index in [0.29, 0.717) is 24.5 Å². The fourth-order valence-electron chi connectivity index (χ4n) is 4.32. The number of carbonyl (C=O) groups is 3. The smallest absolute Gasteiger partial charge is 0.325 e. The molecule has 2 N–H and O–H groups in total. The molecular weight excluding hydrogens is 434 g/mol. The van der Waals surface area contributed by atoms with Gasteiger partial charge in [-0.25, -0.2) is 9.78 Å². The normalized spacial score (nSPS) is 20.5. The predicted molar refractivity (Wildman–Crippen MR) is 127 cm³/mol. The van der Waals surface area contributed by atoms with E-state index in [1.54, 1.807) is 19.2 Å². The van der Waals surface area contributed by atoms with Crippen molar-refractivity contribution in [2.24, 2.45) is 0 Å². The minimum atomic E-state index is -1.25. The van der Waals surface area contributed by atoms with E-state index in [1.807, 2.05) is 48.5 Å². The van der Waals surface area contributed by atoms with E-state index in [0.717, 1.165) is 34.6 Å². The second-order valence-electron chi connectivity index (χ2n) is 8.56. The average molecular weight is 460 g/mol. The molecule has 2 aromatic carbocycles. The van der Waals surface area contributed by atoms with Crippen LogP contribution >= 0.6 is 0 Å². The van der Waals surface area contributed by atoms with Crippen molar-refractivity contribution in [3.63, 3.8) is 0 Å². The number of hydrogen-bond donors (Lipinski definition) is 2. The third kappa shape index (κ3) is 4.06. The van der Waals surface area contributed by atoms with E-state index >= 15 is 0 Å². The number of nitrogens with one attached hydrogen (secondary N) is 2. The summed E-state index contributed by atoms with van der Waals surface area (Å²) in [6.07, 6.45) is 1.56. The highest BCUT2D eigenvalue weighted by molar-refractivity contribution is 6.10. The third-order valence-corrected chi connectivity index (χ3v) is 6.27. The number of urea groups is 1. The number of aromatic nitrogens is 1. The summed E-state index contributed by atoms with van der Waals surface area (Å²) in [4.78, 5) is 45.9. The number of hydrogen-bond acceptors (Lipinski definition) is 6. The van der Waals surface area contributed by atoms with Gasteiger partial charge in [-0.05, 0) is 41.5 Å². The van der Waals surface area contributed by atoms with E-state index in [1.165, 1.54) is 0 Å². The highest BCUT2D eigenvalue weighted by Crippen LogP contribution is 2.31. The molecule has 9 nitrogen and oxygen atoms in total. The van der Waals surface area contributed by atoms with E-state index in [2.05, 4.69) is 20.5 Å². The lowest BCUT2D eigenvalue weighted by molar-refractivity contribution is -0.133. The Hall–Kier alpha value is -3.98. The quantitative estimate of drug-likeness (QED) is 0.568. The Morgan fingerprint density at radius 1 is 1.09 bits per heavy atom. The zero-order chi connectivity index (χ0) is 23.7. The second kappa shape index (κ2) is 8.75. The molecule has 1 unspecified atom stereocenters. The third-order valence-electron chi connectivity index (χ3n) is 6.27. The lowest BCUT2D eigenvalue weighted by atomic mass is 9.90. The van der Waals surface area contributed by atoms with Crippen LogP contribution in [0.25, 0.3) is 10.8 Å². The standard InChI is InChI=1S/C25H25N5O4/c1-25(19-7-6-17-4-2-3-5-18(17)14-19)23(32)30(24(33)28-25)16-22(31)27-20-8-9-21(26-15-20)29-10-12-34-13-11-29/h2-9,14-15H,10-13,16H2,1H3,(H,27,31)(H,28,33). The Kier molecular flexibility index (Phi) is 5.62. The van der Waals surface area contributed by atoms with E-state index in [-0.39, 0.29) is 6.54 Å². The Morgan fingerprint density at radius 2 is 1.85 bits per heavy atom. The Bertz CT molecular complexity index is 1260. The van der Waals surface area contributed by atoms with Crippen LogP contribution in [-0.2, 0) is 19.9 Å². The molecular formula is C25H25N5O4. The molecule has 5 rings (SSSR count). The minimum Gasteiger partial charge on any atom is -0.378 e. The zero-order valence-corrected chi connectivity index (χ0v) is 18.8. The van der Waals surface area contributed by atoms with Crippen molar-refractivity contribution in [2.45, 2.75) is 12.5 Å². The van der Waals surface area contributed by atoms with Crippen LogP contribution in [0.1, 0.15) is 12.5 Å². The Labute approximate surface area is 196 Å². The first-order chi connectivity index (χ1) is 16.4. The fraction of sp³-hybridized carbons (Fsp3) is 0.280. The average Bonchev–Trinajstić information content (AvgIpc) is 3.08. The zero-order valence-electron chi connectivity index (χ0n) is 18.8. The maximum atomic E-state index is 13.2. The molecule has 3 heterocycles. The van der Waals surface area contributed by atoms with Crippen LogP contribution in [0, 0.1) is 0 Å². The van der Waals surface area contributed by atoms with Crippen molar-refractivity contribution in [1.29, 1.82) is 0 Å². The van der Waals surface area contributed by atoms with E-state index in [9.17, 15) is 14.4 Å². The molecule has 0 spiro atoms. The molecule has 2 aliphatic rings. The van der Waals surface area contributed by atoms with Crippen LogP contribution in [0.2, 0.25) is 0 Å². The summed E-state index contributed by atoms with van der Waals surface area (Å²) >= 11 is 0. The molecule has 2 aliphatic heterocycles. The van der Waals surface area contributed by atoms with Crippen molar-refractivity contribution in [3.8, 4) is 0 Å². The SMILES string of the molecule is CC1(c2ccc3ccccc3c2)NC(=O)N(CC(=O)Nc2ccc(N3CCOCC3)nc2)C1=O. The Balaban J connectivity index is 1.26. The Morgan fingerprint density at radius 3 is 2.59 bits per heavy atom. The maximum Gasteiger partial charge on any atom is 0.325 e. The summed E-state index contributed by atoms with van der Waals surface area (Å²) in [6.45, 7) is 4.11. The monoisotopic (exact) mass is 459 g/mol. The summed E-state index contributed by atoms with van der Waals surface area (Å²) in [5.74, 6) is -0.141. The molecule has 0 bridgehead atoms. The minimum absolute atomic E-state index is 0.390. The summed E-state index contributed by atoms with van der Waals surface area (Å²) in [5, 5.41) is 7.47. The molecule has 0 radical (unpaired) electrons. The first kappa shape index (κ1) is 21.8. The molecule has 4 amide bonds. The molecule has 1 aromatic heterocycles. The van der Waals surface area contributed by atoms with Crippen LogP contribution in [0.5, 0.6) is 0 Å². The predicted octanol–water partition coefficient (Wildman–Crippen LogP) is 2.48. The van der Waals surface area contributed by atoms with Gasteiger partial charge in [0.1, 0.15) is 17.9 Å². The molecule has 3 aromatic rings. The molecule has 2 saturated heterocycles.